The third-order valence-corrected chi connectivity index (χ3v) is 3.86. The monoisotopic (exact) mass is 243 g/mol. The van der Waals surface area contributed by atoms with Crippen molar-refractivity contribution in [3.05, 3.63) is 36.0 Å². The molecule has 1 aliphatic carbocycles. The van der Waals surface area contributed by atoms with Gasteiger partial charge in [-0.25, -0.2) is 4.79 Å². The van der Waals surface area contributed by atoms with Crippen LogP contribution in [0, 0.1) is 0 Å². The van der Waals surface area contributed by atoms with Crippen LogP contribution >= 0.6 is 0 Å². The number of fused-ring (bicyclic) bond motifs is 1. The molecule has 0 spiro atoms. The van der Waals surface area contributed by atoms with E-state index in [9.17, 15) is 4.79 Å². The number of ether oxygens (including phenoxy) is 1. The second-order valence-corrected chi connectivity index (χ2v) is 4.93. The zero-order valence-electron chi connectivity index (χ0n) is 10.6. The highest BCUT2D eigenvalue weighted by Gasteiger charge is 2.18. The minimum atomic E-state index is -0.273. The van der Waals surface area contributed by atoms with E-state index in [0.29, 0.717) is 11.6 Å². The highest BCUT2D eigenvalue weighted by molar-refractivity contribution is 5.94. The fraction of sp³-hybridized carbons (Fsp3) is 0.400. The van der Waals surface area contributed by atoms with E-state index in [2.05, 4.69) is 16.8 Å². The average molecular weight is 243 g/mol. The minimum absolute atomic E-state index is 0.273. The molecule has 3 nitrogen and oxygen atoms in total. The van der Waals surface area contributed by atoms with Crippen molar-refractivity contribution in [1.82, 2.24) is 4.57 Å². The smallest absolute Gasteiger partial charge is 0.337 e. The number of hydrogen-bond acceptors (Lipinski definition) is 2. The third-order valence-electron chi connectivity index (χ3n) is 3.86. The summed E-state index contributed by atoms with van der Waals surface area (Å²) in [5.74, 6) is -0.273. The molecule has 0 N–H and O–H groups in total. The summed E-state index contributed by atoms with van der Waals surface area (Å²) in [6, 6.07) is 8.50. The van der Waals surface area contributed by atoms with E-state index in [1.807, 2.05) is 18.2 Å². The van der Waals surface area contributed by atoms with Crippen LogP contribution in [-0.4, -0.2) is 17.6 Å². The summed E-state index contributed by atoms with van der Waals surface area (Å²) in [6.45, 7) is 0. The summed E-state index contributed by atoms with van der Waals surface area (Å²) >= 11 is 0. The van der Waals surface area contributed by atoms with Crippen molar-refractivity contribution < 1.29 is 9.53 Å². The minimum Gasteiger partial charge on any atom is -0.465 e. The number of esters is 1. The van der Waals surface area contributed by atoms with Gasteiger partial charge in [-0.3, -0.25) is 0 Å². The lowest BCUT2D eigenvalue weighted by atomic mass is 10.1. The summed E-state index contributed by atoms with van der Waals surface area (Å²) in [5, 5.41) is 1.12. The van der Waals surface area contributed by atoms with Crippen LogP contribution in [0.3, 0.4) is 0 Å². The van der Waals surface area contributed by atoms with Gasteiger partial charge in [-0.1, -0.05) is 12.8 Å². The predicted molar refractivity (Wildman–Crippen MR) is 70.8 cm³/mol. The molecule has 1 aromatic carbocycles. The fourth-order valence-corrected chi connectivity index (χ4v) is 2.91. The van der Waals surface area contributed by atoms with Crippen LogP contribution in [0.25, 0.3) is 10.9 Å². The molecule has 3 rings (SSSR count). The summed E-state index contributed by atoms with van der Waals surface area (Å²) in [7, 11) is 1.41. The second-order valence-electron chi connectivity index (χ2n) is 4.93. The molecule has 0 atom stereocenters. The SMILES string of the molecule is COC(=O)c1ccc2c(ccn2C2CCCC2)c1. The third kappa shape index (κ3) is 1.80. The number of aromatic nitrogens is 1. The Morgan fingerprint density at radius 3 is 2.78 bits per heavy atom. The molecule has 0 unspecified atom stereocenters. The molecule has 1 aliphatic rings. The lowest BCUT2D eigenvalue weighted by Gasteiger charge is -2.13. The summed E-state index contributed by atoms with van der Waals surface area (Å²) in [5.41, 5.74) is 1.84. The molecule has 1 aromatic heterocycles. The molecule has 0 amide bonds. The number of nitrogens with zero attached hydrogens (tertiary/aromatic N) is 1. The van der Waals surface area contributed by atoms with Gasteiger partial charge in [-0.15, -0.1) is 0 Å². The van der Waals surface area contributed by atoms with Gasteiger partial charge in [-0.05, 0) is 37.1 Å². The van der Waals surface area contributed by atoms with Crippen LogP contribution in [0.2, 0.25) is 0 Å². The number of hydrogen-bond donors (Lipinski definition) is 0. The number of benzene rings is 1. The zero-order valence-corrected chi connectivity index (χ0v) is 10.6. The van der Waals surface area contributed by atoms with Gasteiger partial charge in [0.05, 0.1) is 12.7 Å². The first kappa shape index (κ1) is 11.3. The first-order chi connectivity index (χ1) is 8.79. The van der Waals surface area contributed by atoms with Gasteiger partial charge in [0.2, 0.25) is 0 Å². The number of carbonyl (C=O) groups excluding carboxylic acids is 1. The van der Waals surface area contributed by atoms with Crippen LogP contribution in [-0.2, 0) is 4.74 Å². The van der Waals surface area contributed by atoms with Gasteiger partial charge < -0.3 is 9.30 Å². The highest BCUT2D eigenvalue weighted by Crippen LogP contribution is 2.32. The van der Waals surface area contributed by atoms with Crippen molar-refractivity contribution in [2.24, 2.45) is 0 Å². The summed E-state index contributed by atoms with van der Waals surface area (Å²) in [4.78, 5) is 11.5. The van der Waals surface area contributed by atoms with Crippen molar-refractivity contribution in [3.63, 3.8) is 0 Å². The van der Waals surface area contributed by atoms with Crippen molar-refractivity contribution in [2.45, 2.75) is 31.7 Å². The normalized spacial score (nSPS) is 16.3. The lowest BCUT2D eigenvalue weighted by Crippen LogP contribution is -2.03. The van der Waals surface area contributed by atoms with Gasteiger partial charge in [0.25, 0.3) is 0 Å². The molecule has 3 heteroatoms. The number of rotatable bonds is 2. The molecule has 2 aromatic rings. The van der Waals surface area contributed by atoms with E-state index in [-0.39, 0.29) is 5.97 Å². The van der Waals surface area contributed by atoms with Crippen molar-refractivity contribution >= 4 is 16.9 Å². The van der Waals surface area contributed by atoms with E-state index in [0.717, 1.165) is 5.39 Å². The van der Waals surface area contributed by atoms with E-state index < -0.39 is 0 Å². The molecule has 1 heterocycles. The Morgan fingerprint density at radius 1 is 1.28 bits per heavy atom. The van der Waals surface area contributed by atoms with Crippen LogP contribution < -0.4 is 0 Å². The molecular formula is C15H17NO2. The Balaban J connectivity index is 2.02. The molecule has 0 saturated heterocycles. The Morgan fingerprint density at radius 2 is 2.06 bits per heavy atom. The Labute approximate surface area is 106 Å². The molecule has 0 radical (unpaired) electrons. The lowest BCUT2D eigenvalue weighted by molar-refractivity contribution is 0.0601. The van der Waals surface area contributed by atoms with Crippen molar-refractivity contribution in [1.29, 1.82) is 0 Å². The van der Waals surface area contributed by atoms with Gasteiger partial charge in [0, 0.05) is 23.1 Å². The van der Waals surface area contributed by atoms with E-state index in [1.54, 1.807) is 0 Å². The Hall–Kier alpha value is -1.77. The van der Waals surface area contributed by atoms with E-state index in [4.69, 9.17) is 4.74 Å². The van der Waals surface area contributed by atoms with Gasteiger partial charge in [-0.2, -0.15) is 0 Å². The standard InChI is InChI=1S/C15H17NO2/c1-18-15(17)12-6-7-14-11(10-12)8-9-16(14)13-4-2-3-5-13/h6-10,13H,2-5H2,1H3. The molecule has 0 aliphatic heterocycles. The van der Waals surface area contributed by atoms with E-state index >= 15 is 0 Å². The highest BCUT2D eigenvalue weighted by atomic mass is 16.5. The maximum absolute atomic E-state index is 11.5. The quantitative estimate of drug-likeness (QED) is 0.755. The number of methoxy groups -OCH3 is 1. The van der Waals surface area contributed by atoms with E-state index in [1.165, 1.54) is 38.3 Å². The topological polar surface area (TPSA) is 31.2 Å². The Bertz CT molecular complexity index is 579. The predicted octanol–water partition coefficient (Wildman–Crippen LogP) is 3.54. The average Bonchev–Trinajstić information content (AvgIpc) is 3.05. The molecule has 0 bridgehead atoms. The van der Waals surface area contributed by atoms with Gasteiger partial charge in [0.15, 0.2) is 0 Å². The maximum atomic E-state index is 11.5. The molecular weight excluding hydrogens is 226 g/mol. The molecule has 1 fully saturated rings. The van der Waals surface area contributed by atoms with Gasteiger partial charge >= 0.3 is 5.97 Å². The summed E-state index contributed by atoms with van der Waals surface area (Å²) in [6.07, 6.45) is 7.32. The zero-order chi connectivity index (χ0) is 12.5. The van der Waals surface area contributed by atoms with Crippen LogP contribution in [0.4, 0.5) is 0 Å². The van der Waals surface area contributed by atoms with Crippen molar-refractivity contribution in [3.8, 4) is 0 Å². The molecule has 1 saturated carbocycles. The van der Waals surface area contributed by atoms with Crippen LogP contribution in [0.5, 0.6) is 0 Å². The first-order valence-electron chi connectivity index (χ1n) is 6.48. The van der Waals surface area contributed by atoms with Crippen LogP contribution in [0.1, 0.15) is 42.1 Å². The largest absolute Gasteiger partial charge is 0.465 e. The summed E-state index contributed by atoms with van der Waals surface area (Å²) < 4.78 is 7.10. The van der Waals surface area contributed by atoms with Gasteiger partial charge in [0.1, 0.15) is 0 Å². The second kappa shape index (κ2) is 4.48. The fourth-order valence-electron chi connectivity index (χ4n) is 2.91. The molecule has 18 heavy (non-hydrogen) atoms. The van der Waals surface area contributed by atoms with Crippen molar-refractivity contribution in [2.75, 3.05) is 7.11 Å². The number of carbonyl (C=O) groups is 1. The first-order valence-corrected chi connectivity index (χ1v) is 6.48. The Kier molecular flexibility index (Phi) is 2.82. The molecule has 94 valence electrons. The maximum Gasteiger partial charge on any atom is 0.337 e. The van der Waals surface area contributed by atoms with Crippen LogP contribution in [0.15, 0.2) is 30.5 Å².